The molecule has 10 rings (SSSR count). The van der Waals surface area contributed by atoms with Gasteiger partial charge in [-0.05, 0) is 76.0 Å². The Hall–Kier alpha value is -6.58. The number of hydrogen-bond donors (Lipinski definition) is 0. The smallest absolute Gasteiger partial charge is 0.159 e. The van der Waals surface area contributed by atoms with E-state index in [1.54, 1.807) is 0 Å². The molecule has 0 aliphatic carbocycles. The Morgan fingerprint density at radius 3 is 1.84 bits per heavy atom. The summed E-state index contributed by atoms with van der Waals surface area (Å²) < 4.78 is 13.4. The van der Waals surface area contributed by atoms with Gasteiger partial charge in [0.15, 0.2) is 5.58 Å². The van der Waals surface area contributed by atoms with Crippen LogP contribution in [0.1, 0.15) is 0 Å². The van der Waals surface area contributed by atoms with Gasteiger partial charge in [-0.2, -0.15) is 0 Å². The van der Waals surface area contributed by atoms with Crippen molar-refractivity contribution >= 4 is 71.7 Å². The average Bonchev–Trinajstić information content (AvgIpc) is 3.73. The first-order valence-corrected chi connectivity index (χ1v) is 16.6. The van der Waals surface area contributed by atoms with Crippen LogP contribution in [0.2, 0.25) is 0 Å². The highest BCUT2D eigenvalue weighted by atomic mass is 16.3. The zero-order chi connectivity index (χ0) is 32.3. The van der Waals surface area contributed by atoms with Crippen LogP contribution >= 0.6 is 0 Å². The summed E-state index contributed by atoms with van der Waals surface area (Å²) in [5, 5.41) is 6.63. The molecule has 3 heteroatoms. The van der Waals surface area contributed by atoms with Crippen molar-refractivity contribution in [1.29, 1.82) is 0 Å². The first-order valence-electron chi connectivity index (χ1n) is 16.6. The van der Waals surface area contributed by atoms with Gasteiger partial charge in [0.05, 0.1) is 16.8 Å². The molecule has 0 aliphatic rings. The van der Waals surface area contributed by atoms with Crippen LogP contribution in [0.4, 0.5) is 17.1 Å². The van der Waals surface area contributed by atoms with Gasteiger partial charge in [0.1, 0.15) is 16.7 Å². The van der Waals surface area contributed by atoms with Crippen molar-refractivity contribution in [2.24, 2.45) is 0 Å². The second-order valence-electron chi connectivity index (χ2n) is 12.5. The van der Waals surface area contributed by atoms with Gasteiger partial charge in [-0.3, -0.25) is 0 Å². The van der Waals surface area contributed by atoms with Gasteiger partial charge in [0, 0.05) is 27.4 Å². The monoisotopic (exact) mass is 627 g/mol. The second-order valence-corrected chi connectivity index (χ2v) is 12.5. The van der Waals surface area contributed by atoms with Crippen molar-refractivity contribution < 1.29 is 8.83 Å². The SMILES string of the molecule is c1ccc(-c2ccc(N(c3cccc4c3oc3ccccc34)c3c(-c4ccccc4)ccc4oc5cc6ccccc6cc5c34)cc2)cc1. The molecule has 0 amide bonds. The molecule has 0 fully saturated rings. The fourth-order valence-corrected chi connectivity index (χ4v) is 7.35. The Labute approximate surface area is 282 Å². The maximum Gasteiger partial charge on any atom is 0.159 e. The lowest BCUT2D eigenvalue weighted by atomic mass is 9.96. The Kier molecular flexibility index (Phi) is 6.18. The number of rotatable bonds is 5. The van der Waals surface area contributed by atoms with Crippen LogP contribution in [0.3, 0.4) is 0 Å². The number of hydrogen-bond acceptors (Lipinski definition) is 3. The molecule has 0 unspecified atom stereocenters. The van der Waals surface area contributed by atoms with E-state index in [0.717, 1.165) is 83.0 Å². The van der Waals surface area contributed by atoms with Gasteiger partial charge >= 0.3 is 0 Å². The van der Waals surface area contributed by atoms with Crippen LogP contribution in [-0.2, 0) is 0 Å². The minimum absolute atomic E-state index is 0.836. The molecule has 0 aliphatic heterocycles. The summed E-state index contributed by atoms with van der Waals surface area (Å²) in [6, 6.07) is 61.9. The minimum Gasteiger partial charge on any atom is -0.456 e. The Bertz CT molecular complexity index is 2810. The molecule has 0 atom stereocenters. The number of nitrogens with zero attached hydrogens (tertiary/aromatic N) is 1. The van der Waals surface area contributed by atoms with Crippen LogP contribution in [0, 0.1) is 0 Å². The molecule has 49 heavy (non-hydrogen) atoms. The molecule has 0 saturated heterocycles. The maximum absolute atomic E-state index is 6.72. The Morgan fingerprint density at radius 1 is 0.388 bits per heavy atom. The lowest BCUT2D eigenvalue weighted by Gasteiger charge is -2.29. The first-order chi connectivity index (χ1) is 24.3. The van der Waals surface area contributed by atoms with Crippen molar-refractivity contribution in [3.05, 3.63) is 176 Å². The zero-order valence-corrected chi connectivity index (χ0v) is 26.5. The molecule has 230 valence electrons. The van der Waals surface area contributed by atoms with Crippen molar-refractivity contribution in [3.63, 3.8) is 0 Å². The number of para-hydroxylation sites is 2. The summed E-state index contributed by atoms with van der Waals surface area (Å²) in [5.74, 6) is 0. The van der Waals surface area contributed by atoms with Crippen LogP contribution < -0.4 is 4.90 Å². The van der Waals surface area contributed by atoms with Crippen molar-refractivity contribution in [1.82, 2.24) is 0 Å². The van der Waals surface area contributed by atoms with Crippen LogP contribution in [0.15, 0.2) is 185 Å². The maximum atomic E-state index is 6.72. The highest BCUT2D eigenvalue weighted by Gasteiger charge is 2.26. The first kappa shape index (κ1) is 27.5. The zero-order valence-electron chi connectivity index (χ0n) is 26.5. The molecular weight excluding hydrogens is 599 g/mol. The van der Waals surface area contributed by atoms with E-state index in [2.05, 4.69) is 169 Å². The average molecular weight is 628 g/mol. The van der Waals surface area contributed by atoms with Crippen molar-refractivity contribution in [2.45, 2.75) is 0 Å². The molecule has 2 heterocycles. The fraction of sp³-hybridized carbons (Fsp3) is 0. The minimum atomic E-state index is 0.836. The molecule has 0 saturated carbocycles. The highest BCUT2D eigenvalue weighted by molar-refractivity contribution is 6.20. The molecule has 10 aromatic rings. The third-order valence-electron chi connectivity index (χ3n) is 9.64. The predicted octanol–water partition coefficient (Wildman–Crippen LogP) is 13.4. The van der Waals surface area contributed by atoms with E-state index in [1.165, 1.54) is 10.9 Å². The molecule has 0 spiro atoms. The molecule has 0 N–H and O–H groups in total. The summed E-state index contributed by atoms with van der Waals surface area (Å²) in [6.45, 7) is 0. The molecule has 0 bridgehead atoms. The van der Waals surface area contributed by atoms with Gasteiger partial charge in [-0.1, -0.05) is 127 Å². The quantitative estimate of drug-likeness (QED) is 0.190. The van der Waals surface area contributed by atoms with Gasteiger partial charge in [-0.25, -0.2) is 0 Å². The standard InChI is InChI=1S/C46H29NO2/c1-3-12-30(13-4-1)31-22-24-35(25-23-31)47(40-20-11-19-38-37-18-9-10-21-41(37)49-46(38)40)45-36(32-14-5-2-6-15-32)26-27-42-44(45)39-28-33-16-7-8-17-34(33)29-43(39)48-42/h1-29H. The van der Waals surface area contributed by atoms with Gasteiger partial charge in [-0.15, -0.1) is 0 Å². The molecule has 3 nitrogen and oxygen atoms in total. The third kappa shape index (κ3) is 4.44. The summed E-state index contributed by atoms with van der Waals surface area (Å²) in [5.41, 5.74) is 11.0. The molecule has 0 radical (unpaired) electrons. The second kappa shape index (κ2) is 11.0. The van der Waals surface area contributed by atoms with Crippen LogP contribution in [-0.4, -0.2) is 0 Å². The summed E-state index contributed by atoms with van der Waals surface area (Å²) in [6.07, 6.45) is 0. The van der Waals surface area contributed by atoms with Crippen LogP contribution in [0.5, 0.6) is 0 Å². The summed E-state index contributed by atoms with van der Waals surface area (Å²) in [4.78, 5) is 2.37. The Morgan fingerprint density at radius 2 is 1.04 bits per heavy atom. The predicted molar refractivity (Wildman–Crippen MR) is 204 cm³/mol. The molecular formula is C46H29NO2. The Balaban J connectivity index is 1.34. The summed E-state index contributed by atoms with van der Waals surface area (Å²) in [7, 11) is 0. The van der Waals surface area contributed by atoms with Crippen LogP contribution in [0.25, 0.3) is 76.9 Å². The van der Waals surface area contributed by atoms with E-state index in [4.69, 9.17) is 8.83 Å². The number of furan rings is 2. The van der Waals surface area contributed by atoms with E-state index >= 15 is 0 Å². The normalized spacial score (nSPS) is 11.7. The molecule has 8 aromatic carbocycles. The van der Waals surface area contributed by atoms with E-state index in [1.807, 2.05) is 12.1 Å². The van der Waals surface area contributed by atoms with Crippen molar-refractivity contribution in [3.8, 4) is 22.3 Å². The van der Waals surface area contributed by atoms with Gasteiger partial charge in [0.25, 0.3) is 0 Å². The topological polar surface area (TPSA) is 29.5 Å². The van der Waals surface area contributed by atoms with E-state index < -0.39 is 0 Å². The fourth-order valence-electron chi connectivity index (χ4n) is 7.35. The number of anilines is 3. The lowest BCUT2D eigenvalue weighted by molar-refractivity contribution is 0.668. The van der Waals surface area contributed by atoms with E-state index in [9.17, 15) is 0 Å². The van der Waals surface area contributed by atoms with E-state index in [-0.39, 0.29) is 0 Å². The highest BCUT2D eigenvalue weighted by Crippen LogP contribution is 2.50. The largest absolute Gasteiger partial charge is 0.456 e. The van der Waals surface area contributed by atoms with E-state index in [0.29, 0.717) is 0 Å². The van der Waals surface area contributed by atoms with Gasteiger partial charge in [0.2, 0.25) is 0 Å². The summed E-state index contributed by atoms with van der Waals surface area (Å²) >= 11 is 0. The number of benzene rings is 8. The third-order valence-corrected chi connectivity index (χ3v) is 9.64. The van der Waals surface area contributed by atoms with Crippen molar-refractivity contribution in [2.75, 3.05) is 4.90 Å². The van der Waals surface area contributed by atoms with Gasteiger partial charge < -0.3 is 13.7 Å². The molecule has 2 aromatic heterocycles. The number of fused-ring (bicyclic) bond motifs is 7. The lowest BCUT2D eigenvalue weighted by Crippen LogP contribution is -2.12.